The second-order valence-electron chi connectivity index (χ2n) is 6.29. The van der Waals surface area contributed by atoms with Gasteiger partial charge in [0.05, 0.1) is 0 Å². The van der Waals surface area contributed by atoms with Gasteiger partial charge in [0.25, 0.3) is 0 Å². The Morgan fingerprint density at radius 3 is 2.37 bits per heavy atom. The minimum atomic E-state index is 0.691. The van der Waals surface area contributed by atoms with Gasteiger partial charge in [0, 0.05) is 49.5 Å². The van der Waals surface area contributed by atoms with E-state index in [1.165, 1.54) is 11.3 Å². The summed E-state index contributed by atoms with van der Waals surface area (Å²) in [5.74, 6) is 1.54. The van der Waals surface area contributed by atoms with E-state index < -0.39 is 0 Å². The highest BCUT2D eigenvalue weighted by Crippen LogP contribution is 2.25. The number of rotatable bonds is 8. The molecule has 0 fully saturated rings. The molecular weight excluding hydrogens is 336 g/mol. The first kappa shape index (κ1) is 18.6. The van der Waals surface area contributed by atoms with Crippen LogP contribution in [0, 0.1) is 6.92 Å². The third kappa shape index (κ3) is 4.94. The van der Waals surface area contributed by atoms with Gasteiger partial charge in [0.1, 0.15) is 18.0 Å². The van der Waals surface area contributed by atoms with Crippen LogP contribution in [0.1, 0.15) is 25.0 Å². The van der Waals surface area contributed by atoms with Crippen LogP contribution >= 0.6 is 0 Å². The molecule has 3 aromatic rings. The van der Waals surface area contributed by atoms with Crippen molar-refractivity contribution in [3.05, 3.63) is 66.2 Å². The average molecular weight is 362 g/mol. The summed E-state index contributed by atoms with van der Waals surface area (Å²) in [7, 11) is 0. The van der Waals surface area contributed by atoms with E-state index in [1.54, 1.807) is 18.7 Å². The van der Waals surface area contributed by atoms with Crippen LogP contribution in [0.25, 0.3) is 0 Å². The van der Waals surface area contributed by atoms with Crippen molar-refractivity contribution in [3.8, 4) is 0 Å². The largest absolute Gasteiger partial charge is 0.372 e. The molecule has 0 aliphatic carbocycles. The first-order valence-electron chi connectivity index (χ1n) is 9.27. The molecule has 0 aliphatic rings. The van der Waals surface area contributed by atoms with Crippen LogP contribution in [-0.2, 0) is 6.54 Å². The van der Waals surface area contributed by atoms with Crippen LogP contribution in [0.4, 0.5) is 23.0 Å². The Labute approximate surface area is 160 Å². The second kappa shape index (κ2) is 8.98. The molecule has 0 radical (unpaired) electrons. The highest BCUT2D eigenvalue weighted by Gasteiger charge is 2.06. The zero-order chi connectivity index (χ0) is 19.1. The van der Waals surface area contributed by atoms with Gasteiger partial charge in [-0.1, -0.05) is 0 Å². The van der Waals surface area contributed by atoms with E-state index in [0.717, 1.165) is 36.0 Å². The summed E-state index contributed by atoms with van der Waals surface area (Å²) in [6.07, 6.45) is 5.14. The molecule has 0 bridgehead atoms. The first-order valence-corrected chi connectivity index (χ1v) is 9.27. The lowest BCUT2D eigenvalue weighted by atomic mass is 10.1. The van der Waals surface area contributed by atoms with Gasteiger partial charge in [-0.25, -0.2) is 9.97 Å². The molecule has 0 unspecified atom stereocenters. The third-order valence-electron chi connectivity index (χ3n) is 4.49. The predicted octanol–water partition coefficient (Wildman–Crippen LogP) is 4.38. The maximum Gasteiger partial charge on any atom is 0.135 e. The number of aryl methyl sites for hydroxylation is 1. The number of hydrogen-bond donors (Lipinski definition) is 2. The lowest BCUT2D eigenvalue weighted by molar-refractivity contribution is 0.866. The minimum Gasteiger partial charge on any atom is -0.372 e. The second-order valence-corrected chi connectivity index (χ2v) is 6.29. The minimum absolute atomic E-state index is 0.691. The zero-order valence-corrected chi connectivity index (χ0v) is 16.1. The molecule has 0 atom stereocenters. The lowest BCUT2D eigenvalue weighted by Gasteiger charge is -2.22. The maximum absolute atomic E-state index is 4.34. The highest BCUT2D eigenvalue weighted by molar-refractivity contribution is 5.66. The summed E-state index contributed by atoms with van der Waals surface area (Å²) < 4.78 is 0. The molecule has 2 aromatic heterocycles. The van der Waals surface area contributed by atoms with Crippen molar-refractivity contribution in [3.63, 3.8) is 0 Å². The molecule has 2 N–H and O–H groups in total. The average Bonchev–Trinajstić information content (AvgIpc) is 2.70. The Kier molecular flexibility index (Phi) is 6.20. The van der Waals surface area contributed by atoms with Gasteiger partial charge in [-0.15, -0.1) is 0 Å². The summed E-state index contributed by atoms with van der Waals surface area (Å²) in [5.41, 5.74) is 4.63. The van der Waals surface area contributed by atoms with E-state index in [1.807, 2.05) is 18.2 Å². The molecule has 0 saturated heterocycles. The van der Waals surface area contributed by atoms with E-state index >= 15 is 0 Å². The maximum atomic E-state index is 4.34. The van der Waals surface area contributed by atoms with Crippen molar-refractivity contribution >= 4 is 23.0 Å². The summed E-state index contributed by atoms with van der Waals surface area (Å²) in [6.45, 7) is 9.15. The normalized spacial score (nSPS) is 10.5. The smallest absolute Gasteiger partial charge is 0.135 e. The SMILES string of the molecule is CCN(CC)c1ccc(Nc2cc(NCc3ccncc3)ncn2)c(C)c1. The zero-order valence-electron chi connectivity index (χ0n) is 16.1. The van der Waals surface area contributed by atoms with E-state index in [2.05, 4.69) is 69.5 Å². The van der Waals surface area contributed by atoms with Crippen LogP contribution in [-0.4, -0.2) is 28.0 Å². The van der Waals surface area contributed by atoms with Gasteiger partial charge >= 0.3 is 0 Å². The van der Waals surface area contributed by atoms with E-state index in [9.17, 15) is 0 Å². The summed E-state index contributed by atoms with van der Waals surface area (Å²) in [6, 6.07) is 12.3. The van der Waals surface area contributed by atoms with E-state index in [0.29, 0.717) is 6.54 Å². The van der Waals surface area contributed by atoms with Gasteiger partial charge < -0.3 is 15.5 Å². The molecule has 3 rings (SSSR count). The van der Waals surface area contributed by atoms with Crippen molar-refractivity contribution in [2.24, 2.45) is 0 Å². The molecule has 6 heteroatoms. The molecule has 27 heavy (non-hydrogen) atoms. The Balaban J connectivity index is 1.69. The number of aromatic nitrogens is 3. The van der Waals surface area contributed by atoms with Crippen LogP contribution in [0.2, 0.25) is 0 Å². The standard InChI is InChI=1S/C21H26N6/c1-4-27(5-2)18-6-7-19(16(3)12-18)26-21-13-20(24-15-25-21)23-14-17-8-10-22-11-9-17/h6-13,15H,4-5,14H2,1-3H3,(H2,23,24,25,26). The van der Waals surface area contributed by atoms with Crippen molar-refractivity contribution in [1.82, 2.24) is 15.0 Å². The Bertz CT molecular complexity index is 862. The molecule has 0 amide bonds. The number of benzene rings is 1. The van der Waals surface area contributed by atoms with Crippen molar-refractivity contribution in [2.45, 2.75) is 27.3 Å². The summed E-state index contributed by atoms with van der Waals surface area (Å²) >= 11 is 0. The monoisotopic (exact) mass is 362 g/mol. The Hall–Kier alpha value is -3.15. The van der Waals surface area contributed by atoms with Crippen molar-refractivity contribution < 1.29 is 0 Å². The van der Waals surface area contributed by atoms with Crippen LogP contribution in [0.5, 0.6) is 0 Å². The van der Waals surface area contributed by atoms with Crippen molar-refractivity contribution in [2.75, 3.05) is 28.6 Å². The summed E-state index contributed by atoms with van der Waals surface area (Å²) in [5, 5.41) is 6.71. The first-order chi connectivity index (χ1) is 13.2. The molecule has 6 nitrogen and oxygen atoms in total. The van der Waals surface area contributed by atoms with Gasteiger partial charge in [-0.3, -0.25) is 4.98 Å². The van der Waals surface area contributed by atoms with Crippen LogP contribution < -0.4 is 15.5 Å². The number of hydrogen-bond acceptors (Lipinski definition) is 6. The van der Waals surface area contributed by atoms with Gasteiger partial charge in [-0.05, 0) is 62.2 Å². The molecule has 0 aliphatic heterocycles. The third-order valence-corrected chi connectivity index (χ3v) is 4.49. The fourth-order valence-corrected chi connectivity index (χ4v) is 2.93. The van der Waals surface area contributed by atoms with Crippen molar-refractivity contribution in [1.29, 1.82) is 0 Å². The molecule has 1 aromatic carbocycles. The number of nitrogens with zero attached hydrogens (tertiary/aromatic N) is 4. The van der Waals surface area contributed by atoms with Gasteiger partial charge in [0.2, 0.25) is 0 Å². The van der Waals surface area contributed by atoms with E-state index in [4.69, 9.17) is 0 Å². The Morgan fingerprint density at radius 1 is 0.926 bits per heavy atom. The fourth-order valence-electron chi connectivity index (χ4n) is 2.93. The van der Waals surface area contributed by atoms with Crippen LogP contribution in [0.3, 0.4) is 0 Å². The molecular formula is C21H26N6. The van der Waals surface area contributed by atoms with Gasteiger partial charge in [0.15, 0.2) is 0 Å². The molecule has 0 spiro atoms. The van der Waals surface area contributed by atoms with Crippen LogP contribution in [0.15, 0.2) is 55.1 Å². The predicted molar refractivity (Wildman–Crippen MR) is 112 cm³/mol. The number of pyridine rings is 1. The van der Waals surface area contributed by atoms with Gasteiger partial charge in [-0.2, -0.15) is 0 Å². The Morgan fingerprint density at radius 2 is 1.67 bits per heavy atom. The topological polar surface area (TPSA) is 66.0 Å². The summed E-state index contributed by atoms with van der Waals surface area (Å²) in [4.78, 5) is 15.0. The lowest BCUT2D eigenvalue weighted by Crippen LogP contribution is -2.21. The molecule has 0 saturated carbocycles. The highest BCUT2D eigenvalue weighted by atomic mass is 15.1. The fraction of sp³-hybridized carbons (Fsp3) is 0.286. The number of nitrogens with one attached hydrogen (secondary N) is 2. The molecule has 140 valence electrons. The van der Waals surface area contributed by atoms with E-state index in [-0.39, 0.29) is 0 Å². The molecule has 2 heterocycles. The number of anilines is 4. The quantitative estimate of drug-likeness (QED) is 0.620.